The molecule has 1 saturated heterocycles. The molecule has 0 aromatic carbocycles. The van der Waals surface area contributed by atoms with Gasteiger partial charge in [0.15, 0.2) is 5.78 Å². The summed E-state index contributed by atoms with van der Waals surface area (Å²) in [6.07, 6.45) is -0.164. The number of carboxylic acid groups (broad SMARTS) is 2. The van der Waals surface area contributed by atoms with Gasteiger partial charge in [-0.15, -0.1) is 5.06 Å². The summed E-state index contributed by atoms with van der Waals surface area (Å²) >= 11 is 0. The maximum atomic E-state index is 13.0. The highest BCUT2D eigenvalue weighted by Gasteiger charge is 2.34. The molecule has 5 amide bonds. The van der Waals surface area contributed by atoms with Crippen LogP contribution < -0.4 is 21.7 Å². The Kier molecular flexibility index (Phi) is 42.1. The van der Waals surface area contributed by atoms with Gasteiger partial charge in [-0.1, -0.05) is 17.7 Å². The first-order chi connectivity index (χ1) is 39.8. The second-order valence-electron chi connectivity index (χ2n) is 23.2. The van der Waals surface area contributed by atoms with Gasteiger partial charge in [-0.25, -0.2) is 14.4 Å². The summed E-state index contributed by atoms with van der Waals surface area (Å²) < 4.78 is 30.7. The molecule has 1 heterocycles. The Morgan fingerprint density at radius 3 is 1.34 bits per heavy atom. The first kappa shape index (κ1) is 83.6. The number of hydrogen-bond donors (Lipinski definition) is 6. The molecule has 0 saturated carbocycles. The minimum atomic E-state index is -1.32. The highest BCUT2D eigenvalue weighted by atomic mass is 16.7. The highest BCUT2D eigenvalue weighted by Crippen LogP contribution is 2.20. The smallest absolute Gasteiger partial charge is 0.407 e. The lowest BCUT2D eigenvalue weighted by molar-refractivity contribution is -0.198. The first-order valence-electron chi connectivity index (χ1n) is 28.0. The lowest BCUT2D eigenvalue weighted by Crippen LogP contribution is -2.42. The summed E-state index contributed by atoms with van der Waals surface area (Å²) in [7, 11) is 0. The lowest BCUT2D eigenvalue weighted by Gasteiger charge is -2.22. The monoisotopic (exact) mass is 1250 g/mol. The molecule has 7 N–H and O–H groups in total. The van der Waals surface area contributed by atoms with Gasteiger partial charge in [0.1, 0.15) is 28.2 Å². The number of Topliss-reactive ketones (excluding diaryl/α,β-unsaturated/α-hetero) is 2. The number of imide groups is 1. The number of azide groups is 2. The zero-order valence-electron chi connectivity index (χ0n) is 51.7. The Labute approximate surface area is 508 Å². The molecule has 1 fully saturated rings. The normalized spacial score (nSPS) is 13.4. The van der Waals surface area contributed by atoms with E-state index < -0.39 is 130 Å². The summed E-state index contributed by atoms with van der Waals surface area (Å²) in [4.78, 5) is 151. The fraction of sp³-hybridized carbons (Fsp3) is 0.782. The summed E-state index contributed by atoms with van der Waals surface area (Å²) in [6.45, 7) is 21.9. The molecule has 0 aromatic rings. The number of carbonyl (C=O) groups is 12. The fourth-order valence-corrected chi connectivity index (χ4v) is 6.78. The van der Waals surface area contributed by atoms with Crippen LogP contribution in [0, 0.1) is 11.8 Å². The first-order valence-corrected chi connectivity index (χ1v) is 28.0. The average molecular weight is 1250 g/mol. The number of esters is 2. The van der Waals surface area contributed by atoms with Crippen LogP contribution in [0.3, 0.4) is 0 Å². The van der Waals surface area contributed by atoms with Crippen molar-refractivity contribution >= 4 is 71.3 Å². The van der Waals surface area contributed by atoms with Gasteiger partial charge in [0.25, 0.3) is 11.8 Å². The fourth-order valence-electron chi connectivity index (χ4n) is 6.78. The number of ether oxygens (including phenoxy) is 6. The van der Waals surface area contributed by atoms with E-state index in [4.69, 9.17) is 45.2 Å². The molecule has 0 unspecified atom stereocenters. The third-order valence-corrected chi connectivity index (χ3v) is 10.5. The van der Waals surface area contributed by atoms with Crippen molar-refractivity contribution in [1.29, 1.82) is 0 Å². The summed E-state index contributed by atoms with van der Waals surface area (Å²) in [6, 6.07) is -1.82. The minimum Gasteiger partial charge on any atom is -0.481 e. The van der Waals surface area contributed by atoms with E-state index in [9.17, 15) is 67.7 Å². The van der Waals surface area contributed by atoms with Crippen molar-refractivity contribution in [2.24, 2.45) is 27.8 Å². The van der Waals surface area contributed by atoms with Gasteiger partial charge >= 0.3 is 42.0 Å². The van der Waals surface area contributed by atoms with E-state index in [-0.39, 0.29) is 98.4 Å². The summed E-state index contributed by atoms with van der Waals surface area (Å²) in [5.74, 6) is -9.65. The number of carboxylic acids is 2. The molecular formula is C55H95N11O21. The second kappa shape index (κ2) is 43.9. The van der Waals surface area contributed by atoms with Gasteiger partial charge in [-0.05, 0) is 133 Å². The van der Waals surface area contributed by atoms with Crippen molar-refractivity contribution < 1.29 is 101 Å². The molecule has 32 nitrogen and oxygen atoms in total. The number of hydrogen-bond acceptors (Lipinski definition) is 22. The van der Waals surface area contributed by atoms with E-state index in [0.717, 1.165) is 0 Å². The zero-order valence-corrected chi connectivity index (χ0v) is 51.7. The van der Waals surface area contributed by atoms with Gasteiger partial charge in [0.2, 0.25) is 5.91 Å². The van der Waals surface area contributed by atoms with E-state index in [0.29, 0.717) is 43.7 Å². The van der Waals surface area contributed by atoms with Crippen LogP contribution in [0.25, 0.3) is 20.9 Å². The van der Waals surface area contributed by atoms with Crippen LogP contribution in [0.4, 0.5) is 9.59 Å². The molecule has 1 rings (SSSR count). The minimum absolute atomic E-state index is 0. The molecule has 0 spiro atoms. The van der Waals surface area contributed by atoms with Crippen LogP contribution in [-0.2, 0) is 81.2 Å². The summed E-state index contributed by atoms with van der Waals surface area (Å²) in [5, 5.41) is 33.7. The predicted octanol–water partition coefficient (Wildman–Crippen LogP) is 6.62. The number of rotatable bonds is 36. The van der Waals surface area contributed by atoms with E-state index >= 15 is 0 Å². The van der Waals surface area contributed by atoms with Crippen molar-refractivity contribution in [3.8, 4) is 0 Å². The molecule has 0 aromatic heterocycles. The Bertz CT molecular complexity index is 2320. The third kappa shape index (κ3) is 48.2. The standard InChI is InChI=1S/C25H43N5O9.C20H36N2O7.C9H12N4O5.CH4/c1-24(2,3)38-21(33)16-17(22(34)35)15-19(31)18(29-20(32)10-13-37-14-12-28-30-26)9-7-8-11-27-23(36)39-25(4,5)6;1-19(2,3)28-16(24)12-13(17(25)26)11-15(23)14(21)9-7-8-10-22-18(27)29-20(4,5)6;10-12-11-4-6-17-5-3-9(16)18-13-7(14)1-2-8(13)15;/h17-18H,7-16H2,1-6H3,(H,27,36)(H,29,32)(H,34,35);13-14H,7-12,21H2,1-6H3,(H,22,27)(H,25,26);1-6H2;1H4/t17-,18-;13-,14-;;/m00../s1. The van der Waals surface area contributed by atoms with Crippen LogP contribution in [-0.4, -0.2) is 174 Å². The van der Waals surface area contributed by atoms with Crippen molar-refractivity contribution in [2.75, 3.05) is 52.6 Å². The number of carbonyl (C=O) groups excluding carboxylic acids is 10. The maximum absolute atomic E-state index is 13.0. The van der Waals surface area contributed by atoms with E-state index in [1.54, 1.807) is 83.1 Å². The Morgan fingerprint density at radius 2 is 0.954 bits per heavy atom. The van der Waals surface area contributed by atoms with Gasteiger partial charge in [0.05, 0.1) is 69.6 Å². The number of nitrogens with one attached hydrogen (secondary N) is 3. The molecule has 0 radical (unpaired) electrons. The number of nitrogens with two attached hydrogens (primary N) is 1. The van der Waals surface area contributed by atoms with Crippen LogP contribution >= 0.6 is 0 Å². The summed E-state index contributed by atoms with van der Waals surface area (Å²) in [5.41, 5.74) is 19.3. The van der Waals surface area contributed by atoms with Crippen LogP contribution in [0.1, 0.15) is 180 Å². The molecule has 87 heavy (non-hydrogen) atoms. The molecule has 4 atom stereocenters. The Morgan fingerprint density at radius 1 is 0.563 bits per heavy atom. The average Bonchev–Trinajstić information content (AvgIpc) is 3.45. The van der Waals surface area contributed by atoms with Gasteiger partial charge in [-0.2, -0.15) is 0 Å². The molecule has 0 bridgehead atoms. The number of aliphatic carboxylic acids is 2. The molecule has 496 valence electrons. The van der Waals surface area contributed by atoms with Crippen molar-refractivity contribution in [2.45, 2.75) is 215 Å². The molecular weight excluding hydrogens is 1150 g/mol. The number of unbranched alkanes of at least 4 members (excludes halogenated alkanes) is 2. The number of nitrogens with zero attached hydrogens (tertiary/aromatic N) is 7. The zero-order chi connectivity index (χ0) is 66.3. The van der Waals surface area contributed by atoms with Crippen LogP contribution in [0.2, 0.25) is 0 Å². The van der Waals surface area contributed by atoms with Crippen molar-refractivity contribution in [3.05, 3.63) is 20.9 Å². The lowest BCUT2D eigenvalue weighted by atomic mass is 9.93. The molecule has 1 aliphatic heterocycles. The van der Waals surface area contributed by atoms with E-state index in [1.807, 2.05) is 0 Å². The number of amides is 5. The van der Waals surface area contributed by atoms with Crippen LogP contribution in [0.15, 0.2) is 10.2 Å². The van der Waals surface area contributed by atoms with Gasteiger partial charge in [0, 0.05) is 68.1 Å². The van der Waals surface area contributed by atoms with Crippen molar-refractivity contribution in [3.63, 3.8) is 0 Å². The number of hydroxylamine groups is 2. The SMILES string of the molecule is C.CC(C)(C)OC(=O)C[C@H](CC(=O)[C@@H](N)CCCCNC(=O)OC(C)(C)C)C(=O)O.CC(C)(C)OC(=O)C[C@H](CC(=O)[C@H](CCCCNC(=O)OC(C)(C)C)NC(=O)CCOCCN=[N+]=[N-])C(=O)O.[N-]=[N+]=NCCOCCC(=O)ON1C(=O)CCC1=O. The number of alkyl carbamates (subject to hydrolysis) is 2. The maximum Gasteiger partial charge on any atom is 0.407 e. The largest absolute Gasteiger partial charge is 0.481 e. The quantitative estimate of drug-likeness (QED) is 0.00729. The second-order valence-corrected chi connectivity index (χ2v) is 23.2. The Hall–Kier alpha value is -7.66. The molecule has 1 aliphatic rings. The predicted molar refractivity (Wildman–Crippen MR) is 311 cm³/mol. The Balaban J connectivity index is -0.00000129. The van der Waals surface area contributed by atoms with Crippen LogP contribution in [0.5, 0.6) is 0 Å². The molecule has 32 heteroatoms. The molecule has 0 aliphatic carbocycles. The number of ketones is 2. The van der Waals surface area contributed by atoms with Gasteiger partial charge < -0.3 is 65.2 Å². The third-order valence-electron chi connectivity index (χ3n) is 10.5. The van der Waals surface area contributed by atoms with Crippen molar-refractivity contribution in [1.82, 2.24) is 21.0 Å². The van der Waals surface area contributed by atoms with Gasteiger partial charge in [-0.3, -0.25) is 43.2 Å². The van der Waals surface area contributed by atoms with E-state index in [1.165, 1.54) is 0 Å². The van der Waals surface area contributed by atoms with E-state index in [2.05, 4.69) is 40.8 Å². The highest BCUT2D eigenvalue weighted by molar-refractivity contribution is 6.01. The topological polar surface area (TPSA) is 473 Å².